The van der Waals surface area contributed by atoms with E-state index in [9.17, 15) is 13.2 Å². The van der Waals surface area contributed by atoms with Crippen LogP contribution in [0.25, 0.3) is 6.08 Å². The SMILES string of the molecule is C/C=C\c1cc(C)cc(C(F)(F)F)c1. The largest absolute Gasteiger partial charge is 0.416 e. The second-order valence-electron chi connectivity index (χ2n) is 3.13. The van der Waals surface area contributed by atoms with E-state index < -0.39 is 11.7 Å². The maximum atomic E-state index is 12.4. The van der Waals surface area contributed by atoms with Gasteiger partial charge in [-0.15, -0.1) is 0 Å². The molecule has 0 N–H and O–H groups in total. The predicted octanol–water partition coefficient (Wildman–Crippen LogP) is 4.05. The number of hydrogen-bond donors (Lipinski definition) is 0. The van der Waals surface area contributed by atoms with Gasteiger partial charge in [0.2, 0.25) is 0 Å². The van der Waals surface area contributed by atoms with Crippen LogP contribution in [0.2, 0.25) is 0 Å². The molecule has 1 rings (SSSR count). The van der Waals surface area contributed by atoms with E-state index in [1.807, 2.05) is 0 Å². The molecule has 0 spiro atoms. The van der Waals surface area contributed by atoms with E-state index in [0.29, 0.717) is 11.1 Å². The van der Waals surface area contributed by atoms with Crippen LogP contribution in [0, 0.1) is 6.92 Å². The van der Waals surface area contributed by atoms with Crippen molar-refractivity contribution in [1.82, 2.24) is 0 Å². The molecule has 0 aliphatic carbocycles. The van der Waals surface area contributed by atoms with Gasteiger partial charge >= 0.3 is 6.18 Å². The second-order valence-corrected chi connectivity index (χ2v) is 3.13. The van der Waals surface area contributed by atoms with Gasteiger partial charge in [-0.05, 0) is 37.1 Å². The van der Waals surface area contributed by atoms with Crippen molar-refractivity contribution in [1.29, 1.82) is 0 Å². The Bertz CT molecular complexity index is 348. The van der Waals surface area contributed by atoms with E-state index >= 15 is 0 Å². The summed E-state index contributed by atoms with van der Waals surface area (Å²) in [4.78, 5) is 0. The Balaban J connectivity index is 3.20. The Labute approximate surface area is 81.1 Å². The smallest absolute Gasteiger partial charge is 0.166 e. The minimum Gasteiger partial charge on any atom is -0.166 e. The lowest BCUT2D eigenvalue weighted by Gasteiger charge is -2.08. The van der Waals surface area contributed by atoms with E-state index in [-0.39, 0.29) is 0 Å². The van der Waals surface area contributed by atoms with Crippen LogP contribution in [0.15, 0.2) is 24.3 Å². The van der Waals surface area contributed by atoms with Gasteiger partial charge in [-0.25, -0.2) is 0 Å². The first-order valence-electron chi connectivity index (χ1n) is 4.25. The van der Waals surface area contributed by atoms with Crippen LogP contribution in [-0.2, 0) is 6.18 Å². The van der Waals surface area contributed by atoms with Crippen molar-refractivity contribution >= 4 is 6.08 Å². The molecule has 1 aromatic carbocycles. The molecule has 0 heterocycles. The lowest BCUT2D eigenvalue weighted by molar-refractivity contribution is -0.137. The molecule has 0 atom stereocenters. The summed E-state index contributed by atoms with van der Waals surface area (Å²) in [6, 6.07) is 4.01. The first kappa shape index (κ1) is 10.8. The van der Waals surface area contributed by atoms with Gasteiger partial charge in [-0.2, -0.15) is 13.2 Å². The van der Waals surface area contributed by atoms with Gasteiger partial charge < -0.3 is 0 Å². The molecule has 0 saturated carbocycles. The van der Waals surface area contributed by atoms with Crippen LogP contribution >= 0.6 is 0 Å². The molecule has 1 aromatic rings. The highest BCUT2D eigenvalue weighted by atomic mass is 19.4. The summed E-state index contributed by atoms with van der Waals surface area (Å²) in [6.07, 6.45) is -0.889. The average molecular weight is 200 g/mol. The van der Waals surface area contributed by atoms with E-state index in [2.05, 4.69) is 0 Å². The summed E-state index contributed by atoms with van der Waals surface area (Å²) in [5.41, 5.74) is 0.610. The molecule has 0 amide bonds. The van der Waals surface area contributed by atoms with E-state index in [1.54, 1.807) is 32.1 Å². The third-order valence-electron chi connectivity index (χ3n) is 1.79. The highest BCUT2D eigenvalue weighted by molar-refractivity contribution is 5.52. The predicted molar refractivity (Wildman–Crippen MR) is 50.9 cm³/mol. The summed E-state index contributed by atoms with van der Waals surface area (Å²) in [5, 5.41) is 0. The Hall–Kier alpha value is -1.25. The molecule has 0 bridgehead atoms. The van der Waals surface area contributed by atoms with Gasteiger partial charge in [0.15, 0.2) is 0 Å². The first-order valence-corrected chi connectivity index (χ1v) is 4.25. The fourth-order valence-corrected chi connectivity index (χ4v) is 1.27. The quantitative estimate of drug-likeness (QED) is 0.641. The van der Waals surface area contributed by atoms with Crippen molar-refractivity contribution in [3.8, 4) is 0 Å². The molecule has 3 heteroatoms. The zero-order chi connectivity index (χ0) is 10.8. The zero-order valence-corrected chi connectivity index (χ0v) is 8.02. The van der Waals surface area contributed by atoms with E-state index in [4.69, 9.17) is 0 Å². The van der Waals surface area contributed by atoms with Crippen molar-refractivity contribution < 1.29 is 13.2 Å². The summed E-state index contributed by atoms with van der Waals surface area (Å²) in [7, 11) is 0. The number of rotatable bonds is 1. The molecule has 0 aliphatic heterocycles. The molecular formula is C11H11F3. The molecule has 14 heavy (non-hydrogen) atoms. The molecule has 0 fully saturated rings. The van der Waals surface area contributed by atoms with Crippen molar-refractivity contribution in [2.45, 2.75) is 20.0 Å². The third kappa shape index (κ3) is 2.62. The summed E-state index contributed by atoms with van der Waals surface area (Å²) in [5.74, 6) is 0. The molecule has 0 unspecified atom stereocenters. The van der Waals surface area contributed by atoms with Crippen LogP contribution in [0.1, 0.15) is 23.6 Å². The number of aryl methyl sites for hydroxylation is 1. The van der Waals surface area contributed by atoms with Crippen molar-refractivity contribution in [3.05, 3.63) is 41.0 Å². The molecule has 0 aromatic heterocycles. The van der Waals surface area contributed by atoms with Gasteiger partial charge in [0, 0.05) is 0 Å². The van der Waals surface area contributed by atoms with Gasteiger partial charge in [0.1, 0.15) is 0 Å². The number of halogens is 3. The summed E-state index contributed by atoms with van der Waals surface area (Å²) < 4.78 is 37.1. The monoisotopic (exact) mass is 200 g/mol. The Morgan fingerprint density at radius 2 is 1.79 bits per heavy atom. The molecule has 0 nitrogen and oxygen atoms in total. The number of allylic oxidation sites excluding steroid dienone is 1. The average Bonchev–Trinajstić information content (AvgIpc) is 2.02. The summed E-state index contributed by atoms with van der Waals surface area (Å²) in [6.45, 7) is 3.43. The molecule has 0 saturated heterocycles. The van der Waals surface area contributed by atoms with Gasteiger partial charge in [0.25, 0.3) is 0 Å². The highest BCUT2D eigenvalue weighted by Crippen LogP contribution is 2.30. The lowest BCUT2D eigenvalue weighted by atomic mass is 10.1. The van der Waals surface area contributed by atoms with E-state index in [0.717, 1.165) is 12.1 Å². The summed E-state index contributed by atoms with van der Waals surface area (Å²) >= 11 is 0. The molecule has 0 aliphatic rings. The standard InChI is InChI=1S/C11H11F3/c1-3-4-9-5-8(2)6-10(7-9)11(12,13)14/h3-7H,1-2H3/b4-3-. The van der Waals surface area contributed by atoms with Gasteiger partial charge in [-0.1, -0.05) is 18.2 Å². The first-order chi connectivity index (χ1) is 6.43. The maximum Gasteiger partial charge on any atom is 0.416 e. The number of alkyl halides is 3. The zero-order valence-electron chi connectivity index (χ0n) is 8.02. The molecule has 0 radical (unpaired) electrons. The topological polar surface area (TPSA) is 0 Å². The Morgan fingerprint density at radius 3 is 2.29 bits per heavy atom. The van der Waals surface area contributed by atoms with Crippen molar-refractivity contribution in [3.63, 3.8) is 0 Å². The maximum absolute atomic E-state index is 12.4. The normalized spacial score (nSPS) is 12.4. The van der Waals surface area contributed by atoms with Crippen LogP contribution in [-0.4, -0.2) is 0 Å². The molecule has 76 valence electrons. The lowest BCUT2D eigenvalue weighted by Crippen LogP contribution is -2.05. The number of hydrogen-bond acceptors (Lipinski definition) is 0. The Morgan fingerprint density at radius 1 is 1.14 bits per heavy atom. The minimum atomic E-state index is -4.26. The Kier molecular flexibility index (Phi) is 2.99. The second kappa shape index (κ2) is 3.86. The fraction of sp³-hybridized carbons (Fsp3) is 0.273. The van der Waals surface area contributed by atoms with E-state index in [1.165, 1.54) is 0 Å². The van der Waals surface area contributed by atoms with Crippen LogP contribution < -0.4 is 0 Å². The van der Waals surface area contributed by atoms with Gasteiger partial charge in [-0.3, -0.25) is 0 Å². The van der Waals surface area contributed by atoms with Crippen LogP contribution in [0.5, 0.6) is 0 Å². The van der Waals surface area contributed by atoms with Gasteiger partial charge in [0.05, 0.1) is 5.56 Å². The van der Waals surface area contributed by atoms with Crippen LogP contribution in [0.4, 0.5) is 13.2 Å². The highest BCUT2D eigenvalue weighted by Gasteiger charge is 2.30. The van der Waals surface area contributed by atoms with Crippen LogP contribution in [0.3, 0.4) is 0 Å². The third-order valence-corrected chi connectivity index (χ3v) is 1.79. The molecular weight excluding hydrogens is 189 g/mol. The number of benzene rings is 1. The van der Waals surface area contributed by atoms with Crippen molar-refractivity contribution in [2.75, 3.05) is 0 Å². The minimum absolute atomic E-state index is 0.583. The fourth-order valence-electron chi connectivity index (χ4n) is 1.27. The van der Waals surface area contributed by atoms with Crippen molar-refractivity contribution in [2.24, 2.45) is 0 Å².